The van der Waals surface area contributed by atoms with Gasteiger partial charge in [0, 0.05) is 10.7 Å². The Labute approximate surface area is 156 Å². The molecule has 0 saturated heterocycles. The SMILES string of the molecule is COc1ccc(Cl)cc1-c1nc(CC(=O)Nc2cc(C)ccc2C)no1. The van der Waals surface area contributed by atoms with Crippen LogP contribution in [0.25, 0.3) is 11.5 Å². The first-order valence-electron chi connectivity index (χ1n) is 8.00. The molecule has 134 valence electrons. The van der Waals surface area contributed by atoms with Crippen LogP contribution in [-0.2, 0) is 11.2 Å². The van der Waals surface area contributed by atoms with E-state index in [1.807, 2.05) is 32.0 Å². The maximum atomic E-state index is 12.3. The Hall–Kier alpha value is -2.86. The van der Waals surface area contributed by atoms with E-state index in [1.165, 1.54) is 0 Å². The van der Waals surface area contributed by atoms with Crippen molar-refractivity contribution in [1.82, 2.24) is 10.1 Å². The molecule has 0 bridgehead atoms. The van der Waals surface area contributed by atoms with E-state index in [4.69, 9.17) is 20.9 Å². The number of aryl methyl sites for hydroxylation is 2. The zero-order valence-corrected chi connectivity index (χ0v) is 15.4. The summed E-state index contributed by atoms with van der Waals surface area (Å²) in [4.78, 5) is 16.6. The molecule has 1 amide bonds. The third-order valence-corrected chi connectivity index (χ3v) is 4.08. The lowest BCUT2D eigenvalue weighted by Crippen LogP contribution is -2.16. The predicted molar refractivity (Wildman–Crippen MR) is 99.5 cm³/mol. The number of ether oxygens (including phenoxy) is 1. The van der Waals surface area contributed by atoms with Crippen molar-refractivity contribution in [1.29, 1.82) is 0 Å². The topological polar surface area (TPSA) is 77.2 Å². The highest BCUT2D eigenvalue weighted by Crippen LogP contribution is 2.31. The molecular formula is C19H18ClN3O3. The summed E-state index contributed by atoms with van der Waals surface area (Å²) in [6, 6.07) is 11.0. The number of methoxy groups -OCH3 is 1. The van der Waals surface area contributed by atoms with Gasteiger partial charge in [-0.2, -0.15) is 4.98 Å². The molecule has 26 heavy (non-hydrogen) atoms. The smallest absolute Gasteiger partial charge is 0.261 e. The van der Waals surface area contributed by atoms with Gasteiger partial charge in [0.15, 0.2) is 5.82 Å². The minimum atomic E-state index is -0.218. The Morgan fingerprint density at radius 2 is 2.04 bits per heavy atom. The third-order valence-electron chi connectivity index (χ3n) is 3.85. The molecule has 3 rings (SSSR count). The number of aromatic nitrogens is 2. The summed E-state index contributed by atoms with van der Waals surface area (Å²) >= 11 is 6.02. The Morgan fingerprint density at radius 3 is 2.81 bits per heavy atom. The molecule has 0 aliphatic rings. The zero-order valence-electron chi connectivity index (χ0n) is 14.7. The zero-order chi connectivity index (χ0) is 18.7. The number of carbonyl (C=O) groups excluding carboxylic acids is 1. The second-order valence-electron chi connectivity index (χ2n) is 5.90. The normalized spacial score (nSPS) is 10.6. The van der Waals surface area contributed by atoms with Crippen molar-refractivity contribution < 1.29 is 14.1 Å². The lowest BCUT2D eigenvalue weighted by Gasteiger charge is -2.08. The number of rotatable bonds is 5. The first-order chi connectivity index (χ1) is 12.5. The number of nitrogens with one attached hydrogen (secondary N) is 1. The van der Waals surface area contributed by atoms with Crippen LogP contribution < -0.4 is 10.1 Å². The van der Waals surface area contributed by atoms with Crippen molar-refractivity contribution in [2.75, 3.05) is 12.4 Å². The van der Waals surface area contributed by atoms with Crippen LogP contribution >= 0.6 is 11.6 Å². The molecular weight excluding hydrogens is 354 g/mol. The van der Waals surface area contributed by atoms with Gasteiger partial charge >= 0.3 is 0 Å². The molecule has 7 heteroatoms. The molecule has 1 N–H and O–H groups in total. The largest absolute Gasteiger partial charge is 0.496 e. The average molecular weight is 372 g/mol. The molecule has 0 unspecified atom stereocenters. The van der Waals surface area contributed by atoms with Gasteiger partial charge in [0.1, 0.15) is 5.75 Å². The number of amides is 1. The number of hydrogen-bond donors (Lipinski definition) is 1. The molecule has 0 fully saturated rings. The number of carbonyl (C=O) groups is 1. The second kappa shape index (κ2) is 7.58. The maximum absolute atomic E-state index is 12.3. The minimum Gasteiger partial charge on any atom is -0.496 e. The molecule has 1 aromatic heterocycles. The summed E-state index contributed by atoms with van der Waals surface area (Å²) in [6.07, 6.45) is -0.000235. The van der Waals surface area contributed by atoms with Gasteiger partial charge in [0.25, 0.3) is 5.89 Å². The van der Waals surface area contributed by atoms with Crippen molar-refractivity contribution >= 4 is 23.2 Å². The van der Waals surface area contributed by atoms with Gasteiger partial charge in [0.2, 0.25) is 5.91 Å². The highest BCUT2D eigenvalue weighted by atomic mass is 35.5. The van der Waals surface area contributed by atoms with Crippen molar-refractivity contribution in [3.05, 3.63) is 58.4 Å². The molecule has 6 nitrogen and oxygen atoms in total. The van der Waals surface area contributed by atoms with Crippen molar-refractivity contribution in [3.8, 4) is 17.2 Å². The van der Waals surface area contributed by atoms with E-state index in [-0.39, 0.29) is 24.0 Å². The van der Waals surface area contributed by atoms with Crippen LogP contribution in [0.2, 0.25) is 5.02 Å². The molecule has 0 aliphatic heterocycles. The summed E-state index contributed by atoms with van der Waals surface area (Å²) < 4.78 is 10.5. The first kappa shape index (κ1) is 17.9. The summed E-state index contributed by atoms with van der Waals surface area (Å²) in [5.41, 5.74) is 3.41. The van der Waals surface area contributed by atoms with Crippen LogP contribution in [0.1, 0.15) is 17.0 Å². The van der Waals surface area contributed by atoms with Gasteiger partial charge in [-0.05, 0) is 49.2 Å². The summed E-state index contributed by atoms with van der Waals surface area (Å²) in [5, 5.41) is 7.27. The molecule has 0 aliphatic carbocycles. The molecule has 1 heterocycles. The van der Waals surface area contributed by atoms with Crippen LogP contribution in [-0.4, -0.2) is 23.2 Å². The van der Waals surface area contributed by atoms with Crippen molar-refractivity contribution in [2.45, 2.75) is 20.3 Å². The standard InChI is InChI=1S/C19H18ClN3O3/c1-11-4-5-12(2)15(8-11)21-18(24)10-17-22-19(26-23-17)14-9-13(20)6-7-16(14)25-3/h4-9H,10H2,1-3H3,(H,21,24). The average Bonchev–Trinajstić information content (AvgIpc) is 3.06. The number of nitrogens with zero attached hydrogens (tertiary/aromatic N) is 2. The first-order valence-corrected chi connectivity index (χ1v) is 8.37. The Kier molecular flexibility index (Phi) is 5.23. The quantitative estimate of drug-likeness (QED) is 0.727. The van der Waals surface area contributed by atoms with Crippen LogP contribution in [0.3, 0.4) is 0 Å². The lowest BCUT2D eigenvalue weighted by atomic mass is 10.1. The van der Waals surface area contributed by atoms with Crippen LogP contribution in [0, 0.1) is 13.8 Å². The third kappa shape index (κ3) is 4.03. The minimum absolute atomic E-state index is 0.000235. The van der Waals surface area contributed by atoms with Gasteiger partial charge in [-0.3, -0.25) is 4.79 Å². The fraction of sp³-hybridized carbons (Fsp3) is 0.211. The van der Waals surface area contributed by atoms with Crippen molar-refractivity contribution in [2.24, 2.45) is 0 Å². The Morgan fingerprint density at radius 1 is 1.23 bits per heavy atom. The van der Waals surface area contributed by atoms with E-state index in [2.05, 4.69) is 15.5 Å². The van der Waals surface area contributed by atoms with E-state index in [0.717, 1.165) is 16.8 Å². The van der Waals surface area contributed by atoms with Gasteiger partial charge in [-0.1, -0.05) is 28.9 Å². The van der Waals surface area contributed by atoms with Gasteiger partial charge < -0.3 is 14.6 Å². The monoisotopic (exact) mass is 371 g/mol. The molecule has 0 spiro atoms. The van der Waals surface area contributed by atoms with E-state index >= 15 is 0 Å². The Balaban J connectivity index is 1.75. The fourth-order valence-corrected chi connectivity index (χ4v) is 2.66. The van der Waals surface area contributed by atoms with Crippen LogP contribution in [0.4, 0.5) is 5.69 Å². The maximum Gasteiger partial charge on any atom is 0.261 e. The lowest BCUT2D eigenvalue weighted by molar-refractivity contribution is -0.115. The number of anilines is 1. The second-order valence-corrected chi connectivity index (χ2v) is 6.34. The van der Waals surface area contributed by atoms with Crippen LogP contribution in [0.15, 0.2) is 40.9 Å². The van der Waals surface area contributed by atoms with E-state index in [9.17, 15) is 4.79 Å². The summed E-state index contributed by atoms with van der Waals surface area (Å²) in [7, 11) is 1.54. The van der Waals surface area contributed by atoms with E-state index in [0.29, 0.717) is 16.3 Å². The molecule has 0 atom stereocenters. The predicted octanol–water partition coefficient (Wildman–Crippen LogP) is 4.20. The summed E-state index contributed by atoms with van der Waals surface area (Å²) in [5.74, 6) is 0.872. The number of halogens is 1. The van der Waals surface area contributed by atoms with Gasteiger partial charge in [0.05, 0.1) is 19.1 Å². The molecule has 0 saturated carbocycles. The number of benzene rings is 2. The highest BCUT2D eigenvalue weighted by Gasteiger charge is 2.16. The highest BCUT2D eigenvalue weighted by molar-refractivity contribution is 6.30. The molecule has 3 aromatic rings. The van der Waals surface area contributed by atoms with E-state index in [1.54, 1.807) is 25.3 Å². The Bertz CT molecular complexity index is 953. The van der Waals surface area contributed by atoms with Crippen molar-refractivity contribution in [3.63, 3.8) is 0 Å². The van der Waals surface area contributed by atoms with Gasteiger partial charge in [-0.15, -0.1) is 0 Å². The van der Waals surface area contributed by atoms with Gasteiger partial charge in [-0.25, -0.2) is 0 Å². The summed E-state index contributed by atoms with van der Waals surface area (Å²) in [6.45, 7) is 3.91. The van der Waals surface area contributed by atoms with E-state index < -0.39 is 0 Å². The fourth-order valence-electron chi connectivity index (χ4n) is 2.49. The van der Waals surface area contributed by atoms with Crippen LogP contribution in [0.5, 0.6) is 5.75 Å². The molecule has 2 aromatic carbocycles. The molecule has 0 radical (unpaired) electrons. The number of hydrogen-bond acceptors (Lipinski definition) is 5.